The Bertz CT molecular complexity index is 564. The van der Waals surface area contributed by atoms with Crippen LogP contribution in [0, 0.1) is 13.8 Å². The van der Waals surface area contributed by atoms with Crippen LogP contribution in [0.4, 0.5) is 5.82 Å². The molecule has 0 radical (unpaired) electrons. The maximum atomic E-state index is 12.0. The Morgan fingerprint density at radius 1 is 1.47 bits per heavy atom. The molecule has 0 spiro atoms. The van der Waals surface area contributed by atoms with E-state index in [-0.39, 0.29) is 18.4 Å². The average molecular weight is 262 g/mol. The van der Waals surface area contributed by atoms with E-state index in [9.17, 15) is 4.79 Å². The van der Waals surface area contributed by atoms with Crippen molar-refractivity contribution in [3.8, 4) is 0 Å². The molecule has 6 heteroatoms. The van der Waals surface area contributed by atoms with E-state index in [1.54, 1.807) is 23.9 Å². The van der Waals surface area contributed by atoms with Gasteiger partial charge in [0.1, 0.15) is 11.6 Å². The molecule has 1 N–H and O–H groups in total. The van der Waals surface area contributed by atoms with Crippen LogP contribution in [0.1, 0.15) is 36.9 Å². The van der Waals surface area contributed by atoms with Crippen molar-refractivity contribution >= 4 is 11.7 Å². The normalized spacial score (nSPS) is 11.0. The summed E-state index contributed by atoms with van der Waals surface area (Å²) in [4.78, 5) is 12.0. The van der Waals surface area contributed by atoms with Gasteiger partial charge in [0.15, 0.2) is 0 Å². The van der Waals surface area contributed by atoms with Crippen molar-refractivity contribution in [2.24, 2.45) is 0 Å². The van der Waals surface area contributed by atoms with Crippen LogP contribution >= 0.6 is 0 Å². The molecule has 2 rings (SSSR count). The molecule has 2 aromatic heterocycles. The summed E-state index contributed by atoms with van der Waals surface area (Å²) in [5, 5.41) is 10.9. The minimum absolute atomic E-state index is 0.100. The molecule has 1 amide bonds. The van der Waals surface area contributed by atoms with Gasteiger partial charge in [-0.3, -0.25) is 4.79 Å². The molecule has 0 saturated heterocycles. The van der Waals surface area contributed by atoms with Gasteiger partial charge in [-0.1, -0.05) is 5.16 Å². The van der Waals surface area contributed by atoms with E-state index >= 15 is 0 Å². The van der Waals surface area contributed by atoms with Crippen molar-refractivity contribution in [1.82, 2.24) is 14.9 Å². The van der Waals surface area contributed by atoms with Gasteiger partial charge in [0.25, 0.3) is 0 Å². The third-order valence-corrected chi connectivity index (χ3v) is 2.95. The van der Waals surface area contributed by atoms with E-state index < -0.39 is 0 Å². The standard InChI is InChI=1S/C13H18N4O2/c1-8(2)17-12(5-6-14-17)15-13(18)7-11-9(3)16-19-10(11)4/h5-6,8H,7H2,1-4H3,(H,15,18). The predicted octanol–water partition coefficient (Wildman–Crippen LogP) is 2.25. The van der Waals surface area contributed by atoms with Gasteiger partial charge >= 0.3 is 0 Å². The molecule has 0 atom stereocenters. The Morgan fingerprint density at radius 3 is 2.79 bits per heavy atom. The third kappa shape index (κ3) is 2.83. The first kappa shape index (κ1) is 13.3. The Hall–Kier alpha value is -2.11. The van der Waals surface area contributed by atoms with Gasteiger partial charge in [-0.15, -0.1) is 0 Å². The molecule has 0 aliphatic rings. The van der Waals surface area contributed by atoms with Gasteiger partial charge in [-0.05, 0) is 27.7 Å². The van der Waals surface area contributed by atoms with Crippen molar-refractivity contribution in [2.45, 2.75) is 40.2 Å². The highest BCUT2D eigenvalue weighted by atomic mass is 16.5. The smallest absolute Gasteiger partial charge is 0.230 e. The molecular formula is C13H18N4O2. The lowest BCUT2D eigenvalue weighted by Gasteiger charge is -2.11. The quantitative estimate of drug-likeness (QED) is 0.917. The zero-order chi connectivity index (χ0) is 14.0. The Labute approximate surface area is 111 Å². The summed E-state index contributed by atoms with van der Waals surface area (Å²) >= 11 is 0. The van der Waals surface area contributed by atoms with Crippen LogP contribution in [-0.4, -0.2) is 20.8 Å². The van der Waals surface area contributed by atoms with E-state index in [1.807, 2.05) is 20.8 Å². The SMILES string of the molecule is Cc1noc(C)c1CC(=O)Nc1ccnn1C(C)C. The van der Waals surface area contributed by atoms with Crippen molar-refractivity contribution in [1.29, 1.82) is 0 Å². The van der Waals surface area contributed by atoms with E-state index in [0.29, 0.717) is 11.6 Å². The maximum absolute atomic E-state index is 12.0. The van der Waals surface area contributed by atoms with E-state index in [4.69, 9.17) is 4.52 Å². The van der Waals surface area contributed by atoms with Crippen LogP contribution in [0.2, 0.25) is 0 Å². The Morgan fingerprint density at radius 2 is 2.21 bits per heavy atom. The zero-order valence-electron chi connectivity index (χ0n) is 11.6. The van der Waals surface area contributed by atoms with E-state index in [0.717, 1.165) is 11.3 Å². The summed E-state index contributed by atoms with van der Waals surface area (Å²) in [7, 11) is 0. The van der Waals surface area contributed by atoms with Gasteiger partial charge in [0.05, 0.1) is 18.3 Å². The molecule has 0 bridgehead atoms. The number of carbonyl (C=O) groups excluding carboxylic acids is 1. The molecule has 102 valence electrons. The molecular weight excluding hydrogens is 244 g/mol. The van der Waals surface area contributed by atoms with Gasteiger partial charge < -0.3 is 9.84 Å². The lowest BCUT2D eigenvalue weighted by atomic mass is 10.1. The molecule has 0 aliphatic carbocycles. The fourth-order valence-electron chi connectivity index (χ4n) is 1.93. The molecule has 2 aromatic rings. The second kappa shape index (κ2) is 5.26. The number of carbonyl (C=O) groups is 1. The lowest BCUT2D eigenvalue weighted by molar-refractivity contribution is -0.115. The molecule has 2 heterocycles. The van der Waals surface area contributed by atoms with Crippen LogP contribution in [0.3, 0.4) is 0 Å². The molecule has 0 aromatic carbocycles. The lowest BCUT2D eigenvalue weighted by Crippen LogP contribution is -2.18. The number of anilines is 1. The van der Waals surface area contributed by atoms with Crippen molar-refractivity contribution in [3.05, 3.63) is 29.3 Å². The number of aryl methyl sites for hydroxylation is 2. The monoisotopic (exact) mass is 262 g/mol. The van der Waals surface area contributed by atoms with Crippen LogP contribution in [0.5, 0.6) is 0 Å². The highest BCUT2D eigenvalue weighted by Gasteiger charge is 2.15. The molecule has 19 heavy (non-hydrogen) atoms. The summed E-state index contributed by atoms with van der Waals surface area (Å²) in [6.45, 7) is 7.66. The first-order valence-electron chi connectivity index (χ1n) is 6.24. The van der Waals surface area contributed by atoms with Gasteiger partial charge in [-0.25, -0.2) is 4.68 Å². The third-order valence-electron chi connectivity index (χ3n) is 2.95. The van der Waals surface area contributed by atoms with Gasteiger partial charge in [-0.2, -0.15) is 5.10 Å². The van der Waals surface area contributed by atoms with Gasteiger partial charge in [0.2, 0.25) is 5.91 Å². The number of rotatable bonds is 4. The molecule has 0 saturated carbocycles. The minimum atomic E-state index is -0.100. The summed E-state index contributed by atoms with van der Waals surface area (Å²) in [6.07, 6.45) is 1.93. The van der Waals surface area contributed by atoms with Crippen molar-refractivity contribution in [2.75, 3.05) is 5.32 Å². The molecule has 0 fully saturated rings. The largest absolute Gasteiger partial charge is 0.361 e. The van der Waals surface area contributed by atoms with Crippen LogP contribution < -0.4 is 5.32 Å². The second-order valence-corrected chi connectivity index (χ2v) is 4.78. The molecule has 0 unspecified atom stereocenters. The summed E-state index contributed by atoms with van der Waals surface area (Å²) < 4.78 is 6.81. The first-order valence-corrected chi connectivity index (χ1v) is 6.24. The summed E-state index contributed by atoms with van der Waals surface area (Å²) in [5.74, 6) is 1.29. The number of amides is 1. The minimum Gasteiger partial charge on any atom is -0.361 e. The second-order valence-electron chi connectivity index (χ2n) is 4.78. The average Bonchev–Trinajstić information content (AvgIpc) is 2.91. The zero-order valence-corrected chi connectivity index (χ0v) is 11.6. The Balaban J connectivity index is 2.08. The number of hydrogen-bond acceptors (Lipinski definition) is 4. The maximum Gasteiger partial charge on any atom is 0.230 e. The molecule has 6 nitrogen and oxygen atoms in total. The van der Waals surface area contributed by atoms with Crippen molar-refractivity contribution in [3.63, 3.8) is 0 Å². The molecule has 0 aliphatic heterocycles. The number of nitrogens with one attached hydrogen (secondary N) is 1. The number of aromatic nitrogens is 3. The number of nitrogens with zero attached hydrogens (tertiary/aromatic N) is 3. The predicted molar refractivity (Wildman–Crippen MR) is 70.9 cm³/mol. The Kier molecular flexibility index (Phi) is 3.69. The summed E-state index contributed by atoms with van der Waals surface area (Å²) in [6, 6.07) is 1.98. The van der Waals surface area contributed by atoms with E-state index in [1.165, 1.54) is 0 Å². The van der Waals surface area contributed by atoms with E-state index in [2.05, 4.69) is 15.6 Å². The number of hydrogen-bond donors (Lipinski definition) is 1. The van der Waals surface area contributed by atoms with Crippen molar-refractivity contribution < 1.29 is 9.32 Å². The summed E-state index contributed by atoms with van der Waals surface area (Å²) in [5.41, 5.74) is 1.60. The highest BCUT2D eigenvalue weighted by Crippen LogP contribution is 2.16. The fourth-order valence-corrected chi connectivity index (χ4v) is 1.93. The van der Waals surface area contributed by atoms with Crippen LogP contribution in [0.25, 0.3) is 0 Å². The highest BCUT2D eigenvalue weighted by molar-refractivity contribution is 5.91. The fraction of sp³-hybridized carbons (Fsp3) is 0.462. The van der Waals surface area contributed by atoms with Crippen LogP contribution in [0.15, 0.2) is 16.8 Å². The van der Waals surface area contributed by atoms with Gasteiger partial charge in [0, 0.05) is 17.7 Å². The first-order chi connectivity index (χ1) is 8.99. The van der Waals surface area contributed by atoms with Crippen LogP contribution in [-0.2, 0) is 11.2 Å². The topological polar surface area (TPSA) is 73.0 Å².